The first-order valence-corrected chi connectivity index (χ1v) is 7.04. The molecule has 1 heterocycles. The van der Waals surface area contributed by atoms with Crippen LogP contribution in [0.1, 0.15) is 5.56 Å². The summed E-state index contributed by atoms with van der Waals surface area (Å²) in [4.78, 5) is 0. The molecule has 3 nitrogen and oxygen atoms in total. The number of nitrogens with zero attached hydrogens (tertiary/aromatic N) is 1. The number of rotatable bonds is 4. The number of hydrogen-bond donors (Lipinski definition) is 0. The Hall–Kier alpha value is -2.13. The van der Waals surface area contributed by atoms with Crippen LogP contribution in [0.3, 0.4) is 0 Å². The van der Waals surface area contributed by atoms with Gasteiger partial charge in [-0.15, -0.1) is 0 Å². The first-order valence-electron chi connectivity index (χ1n) is 6.66. The van der Waals surface area contributed by atoms with E-state index in [2.05, 4.69) is 16.8 Å². The van der Waals surface area contributed by atoms with Crippen LogP contribution >= 0.6 is 11.6 Å². The lowest BCUT2D eigenvalue weighted by Gasteiger charge is -2.11. The van der Waals surface area contributed by atoms with Crippen LogP contribution < -0.4 is 9.47 Å². The Morgan fingerprint density at radius 1 is 0.952 bits per heavy atom. The maximum absolute atomic E-state index is 6.09. The van der Waals surface area contributed by atoms with Crippen molar-refractivity contribution in [3.8, 4) is 11.5 Å². The summed E-state index contributed by atoms with van der Waals surface area (Å²) in [5, 5.41) is 1.93. The fourth-order valence-electron chi connectivity index (χ4n) is 2.47. The van der Waals surface area contributed by atoms with Gasteiger partial charge in [0.2, 0.25) is 0 Å². The lowest BCUT2D eigenvalue weighted by Crippen LogP contribution is -1.99. The minimum atomic E-state index is 0.738. The van der Waals surface area contributed by atoms with Crippen molar-refractivity contribution in [1.29, 1.82) is 0 Å². The number of ether oxygens (including phenoxy) is 2. The predicted molar refractivity (Wildman–Crippen MR) is 85.6 cm³/mol. The van der Waals surface area contributed by atoms with E-state index in [4.69, 9.17) is 21.1 Å². The van der Waals surface area contributed by atoms with Crippen LogP contribution in [-0.2, 0) is 6.54 Å². The van der Waals surface area contributed by atoms with Crippen molar-refractivity contribution in [3.05, 3.63) is 59.2 Å². The lowest BCUT2D eigenvalue weighted by molar-refractivity contribution is 0.354. The van der Waals surface area contributed by atoms with Gasteiger partial charge in [0, 0.05) is 23.3 Å². The highest BCUT2D eigenvalue weighted by Gasteiger charge is 2.07. The minimum Gasteiger partial charge on any atom is -0.493 e. The quantitative estimate of drug-likeness (QED) is 0.715. The summed E-state index contributed by atoms with van der Waals surface area (Å²) < 4.78 is 12.8. The van der Waals surface area contributed by atoms with Crippen LogP contribution in [0.2, 0.25) is 5.02 Å². The van der Waals surface area contributed by atoms with Crippen molar-refractivity contribution in [2.75, 3.05) is 14.2 Å². The van der Waals surface area contributed by atoms with E-state index < -0.39 is 0 Å². The Morgan fingerprint density at radius 3 is 2.52 bits per heavy atom. The summed E-state index contributed by atoms with van der Waals surface area (Å²) in [6, 6.07) is 14.0. The summed E-state index contributed by atoms with van der Waals surface area (Å²) in [5.41, 5.74) is 2.27. The van der Waals surface area contributed by atoms with Crippen molar-refractivity contribution in [3.63, 3.8) is 0 Å². The average molecular weight is 302 g/mol. The molecule has 0 fully saturated rings. The number of aromatic nitrogens is 1. The van der Waals surface area contributed by atoms with Gasteiger partial charge in [-0.2, -0.15) is 0 Å². The van der Waals surface area contributed by atoms with Crippen molar-refractivity contribution in [2.45, 2.75) is 6.54 Å². The van der Waals surface area contributed by atoms with E-state index in [-0.39, 0.29) is 0 Å². The zero-order chi connectivity index (χ0) is 14.8. The Bertz CT molecular complexity index is 780. The smallest absolute Gasteiger partial charge is 0.161 e. The highest BCUT2D eigenvalue weighted by molar-refractivity contribution is 6.31. The van der Waals surface area contributed by atoms with Crippen LogP contribution in [0, 0.1) is 0 Å². The molecule has 1 aromatic heterocycles. The van der Waals surface area contributed by atoms with E-state index in [1.54, 1.807) is 14.2 Å². The molecule has 3 rings (SSSR count). The SMILES string of the molecule is COc1ccc(Cn2ccc3ccc(Cl)cc32)cc1OC. The maximum Gasteiger partial charge on any atom is 0.161 e. The fraction of sp³-hybridized carbons (Fsp3) is 0.176. The monoisotopic (exact) mass is 301 g/mol. The van der Waals surface area contributed by atoms with Crippen LogP contribution in [0.15, 0.2) is 48.7 Å². The van der Waals surface area contributed by atoms with Gasteiger partial charge in [0.25, 0.3) is 0 Å². The van der Waals surface area contributed by atoms with Gasteiger partial charge >= 0.3 is 0 Å². The van der Waals surface area contributed by atoms with Crippen molar-refractivity contribution in [2.24, 2.45) is 0 Å². The summed E-state index contributed by atoms with van der Waals surface area (Å²) in [5.74, 6) is 1.48. The van der Waals surface area contributed by atoms with Gasteiger partial charge in [-0.05, 0) is 41.3 Å². The second-order valence-electron chi connectivity index (χ2n) is 4.84. The first kappa shape index (κ1) is 13.8. The number of halogens is 1. The van der Waals surface area contributed by atoms with Gasteiger partial charge in [-0.1, -0.05) is 23.7 Å². The molecule has 21 heavy (non-hydrogen) atoms. The summed E-state index contributed by atoms with van der Waals surface area (Å²) >= 11 is 6.09. The minimum absolute atomic E-state index is 0.738. The molecule has 0 N–H and O–H groups in total. The molecule has 0 aliphatic carbocycles. The molecule has 0 bridgehead atoms. The molecule has 0 unspecified atom stereocenters. The van der Waals surface area contributed by atoms with Crippen LogP contribution in [0.4, 0.5) is 0 Å². The van der Waals surface area contributed by atoms with Gasteiger partial charge in [0.1, 0.15) is 0 Å². The molecule has 0 radical (unpaired) electrons. The predicted octanol–water partition coefficient (Wildman–Crippen LogP) is 4.36. The third kappa shape index (κ3) is 2.69. The Balaban J connectivity index is 1.96. The van der Waals surface area contributed by atoms with Crippen LogP contribution in [0.25, 0.3) is 10.9 Å². The molecule has 0 saturated carbocycles. The normalized spacial score (nSPS) is 10.8. The number of benzene rings is 2. The Kier molecular flexibility index (Phi) is 3.76. The van der Waals surface area contributed by atoms with E-state index in [9.17, 15) is 0 Å². The third-order valence-corrected chi connectivity index (χ3v) is 3.77. The second-order valence-corrected chi connectivity index (χ2v) is 5.27. The van der Waals surface area contributed by atoms with Gasteiger partial charge in [0.15, 0.2) is 11.5 Å². The average Bonchev–Trinajstić information content (AvgIpc) is 2.89. The number of methoxy groups -OCH3 is 2. The lowest BCUT2D eigenvalue weighted by atomic mass is 10.2. The van der Waals surface area contributed by atoms with Gasteiger partial charge in [0.05, 0.1) is 14.2 Å². The summed E-state index contributed by atoms with van der Waals surface area (Å²) in [6.45, 7) is 0.754. The number of hydrogen-bond acceptors (Lipinski definition) is 2. The molecule has 0 aliphatic heterocycles. The van der Waals surface area contributed by atoms with E-state index in [1.807, 2.05) is 36.4 Å². The molecule has 0 spiro atoms. The first-order chi connectivity index (χ1) is 10.2. The maximum atomic E-state index is 6.09. The molecular formula is C17H16ClNO2. The zero-order valence-electron chi connectivity index (χ0n) is 12.0. The molecule has 3 aromatic rings. The molecule has 0 saturated heterocycles. The van der Waals surface area contributed by atoms with Crippen molar-refractivity contribution in [1.82, 2.24) is 4.57 Å². The topological polar surface area (TPSA) is 23.4 Å². The Morgan fingerprint density at radius 2 is 1.76 bits per heavy atom. The second kappa shape index (κ2) is 5.70. The van der Waals surface area contributed by atoms with Crippen LogP contribution in [0.5, 0.6) is 11.5 Å². The van der Waals surface area contributed by atoms with E-state index in [1.165, 1.54) is 5.39 Å². The van der Waals surface area contributed by atoms with Gasteiger partial charge in [-0.3, -0.25) is 0 Å². The van der Waals surface area contributed by atoms with Crippen molar-refractivity contribution >= 4 is 22.5 Å². The number of fused-ring (bicyclic) bond motifs is 1. The molecular weight excluding hydrogens is 286 g/mol. The zero-order valence-corrected chi connectivity index (χ0v) is 12.7. The van der Waals surface area contributed by atoms with Crippen molar-refractivity contribution < 1.29 is 9.47 Å². The highest BCUT2D eigenvalue weighted by atomic mass is 35.5. The molecule has 0 amide bonds. The van der Waals surface area contributed by atoms with Gasteiger partial charge < -0.3 is 14.0 Å². The molecule has 0 aliphatic rings. The standard InChI is InChI=1S/C17H16ClNO2/c1-20-16-6-3-12(9-17(16)21-2)11-19-8-7-13-4-5-14(18)10-15(13)19/h3-10H,11H2,1-2H3. The summed E-state index contributed by atoms with van der Waals surface area (Å²) in [6.07, 6.45) is 2.07. The van der Waals surface area contributed by atoms with Gasteiger partial charge in [-0.25, -0.2) is 0 Å². The highest BCUT2D eigenvalue weighted by Crippen LogP contribution is 2.28. The molecule has 0 atom stereocenters. The Labute approximate surface area is 128 Å². The van der Waals surface area contributed by atoms with E-state index >= 15 is 0 Å². The fourth-order valence-corrected chi connectivity index (χ4v) is 2.64. The molecule has 4 heteroatoms. The molecule has 2 aromatic carbocycles. The van der Waals surface area contributed by atoms with E-state index in [0.717, 1.165) is 34.1 Å². The summed E-state index contributed by atoms with van der Waals surface area (Å²) in [7, 11) is 3.28. The van der Waals surface area contributed by atoms with E-state index in [0.29, 0.717) is 0 Å². The largest absolute Gasteiger partial charge is 0.493 e. The third-order valence-electron chi connectivity index (χ3n) is 3.54. The molecule has 108 valence electrons. The van der Waals surface area contributed by atoms with Crippen LogP contribution in [-0.4, -0.2) is 18.8 Å².